The van der Waals surface area contributed by atoms with Crippen molar-refractivity contribution in [1.82, 2.24) is 4.98 Å². The second-order valence-electron chi connectivity index (χ2n) is 4.50. The number of aromatic nitrogens is 1. The van der Waals surface area contributed by atoms with Crippen molar-refractivity contribution < 1.29 is 5.11 Å². The molecular formula is C14H14BrNO. The van der Waals surface area contributed by atoms with Gasteiger partial charge in [0.15, 0.2) is 0 Å². The van der Waals surface area contributed by atoms with Crippen LogP contribution in [-0.2, 0) is 5.41 Å². The second-order valence-corrected chi connectivity index (χ2v) is 5.42. The molecule has 0 fully saturated rings. The molecule has 0 saturated heterocycles. The number of nitrogens with zero attached hydrogens (tertiary/aromatic N) is 1. The summed E-state index contributed by atoms with van der Waals surface area (Å²) in [5.74, 6) is 0.305. The summed E-state index contributed by atoms with van der Waals surface area (Å²) in [6, 6.07) is 11.3. The first kappa shape index (κ1) is 12.1. The second kappa shape index (κ2) is 4.49. The van der Waals surface area contributed by atoms with Gasteiger partial charge in [-0.3, -0.25) is 4.98 Å². The summed E-state index contributed by atoms with van der Waals surface area (Å²) in [4.78, 5) is 4.39. The van der Waals surface area contributed by atoms with Gasteiger partial charge in [0.2, 0.25) is 0 Å². The first-order valence-electron chi connectivity index (χ1n) is 5.42. The Morgan fingerprint density at radius 1 is 1.18 bits per heavy atom. The SMILES string of the molecule is CC(C)(c1cc(Br)ccn1)c1ccccc1O. The van der Waals surface area contributed by atoms with Crippen LogP contribution in [-0.4, -0.2) is 10.1 Å². The molecule has 0 aliphatic carbocycles. The minimum absolute atomic E-state index is 0.305. The zero-order chi connectivity index (χ0) is 12.5. The third-order valence-electron chi connectivity index (χ3n) is 2.94. The van der Waals surface area contributed by atoms with E-state index in [0.717, 1.165) is 15.7 Å². The maximum absolute atomic E-state index is 9.94. The Morgan fingerprint density at radius 2 is 1.88 bits per heavy atom. The molecule has 0 amide bonds. The lowest BCUT2D eigenvalue weighted by molar-refractivity contribution is 0.451. The summed E-state index contributed by atoms with van der Waals surface area (Å²) >= 11 is 3.44. The standard InChI is InChI=1S/C14H14BrNO/c1-14(2,11-5-3-4-6-12(11)17)13-9-10(15)7-8-16-13/h3-9,17H,1-2H3. The highest BCUT2D eigenvalue weighted by molar-refractivity contribution is 9.10. The predicted molar refractivity (Wildman–Crippen MR) is 72.2 cm³/mol. The fourth-order valence-corrected chi connectivity index (χ4v) is 2.22. The van der Waals surface area contributed by atoms with Gasteiger partial charge in [-0.05, 0) is 18.2 Å². The number of phenolic OH excluding ortho intramolecular Hbond substituents is 1. The Kier molecular flexibility index (Phi) is 3.20. The summed E-state index contributed by atoms with van der Waals surface area (Å²) in [5, 5.41) is 9.94. The molecule has 1 aromatic carbocycles. The van der Waals surface area contributed by atoms with Gasteiger partial charge >= 0.3 is 0 Å². The van der Waals surface area contributed by atoms with Crippen LogP contribution < -0.4 is 0 Å². The van der Waals surface area contributed by atoms with E-state index in [1.165, 1.54) is 0 Å². The molecule has 0 radical (unpaired) electrons. The third-order valence-corrected chi connectivity index (χ3v) is 3.43. The van der Waals surface area contributed by atoms with E-state index >= 15 is 0 Å². The highest BCUT2D eigenvalue weighted by Gasteiger charge is 2.27. The van der Waals surface area contributed by atoms with Gasteiger partial charge in [-0.15, -0.1) is 0 Å². The molecule has 0 saturated carbocycles. The van der Waals surface area contributed by atoms with Crippen LogP contribution in [0.25, 0.3) is 0 Å². The van der Waals surface area contributed by atoms with Crippen LogP contribution in [0, 0.1) is 0 Å². The van der Waals surface area contributed by atoms with Gasteiger partial charge < -0.3 is 5.11 Å². The van der Waals surface area contributed by atoms with Crippen molar-refractivity contribution in [2.45, 2.75) is 19.3 Å². The number of phenols is 1. The highest BCUT2D eigenvalue weighted by atomic mass is 79.9. The number of para-hydroxylation sites is 1. The molecule has 1 heterocycles. The van der Waals surface area contributed by atoms with Crippen LogP contribution in [0.4, 0.5) is 0 Å². The van der Waals surface area contributed by atoms with Crippen LogP contribution in [0.3, 0.4) is 0 Å². The van der Waals surface area contributed by atoms with Gasteiger partial charge in [0.1, 0.15) is 5.75 Å². The normalized spacial score (nSPS) is 11.5. The highest BCUT2D eigenvalue weighted by Crippen LogP contribution is 2.36. The molecule has 0 atom stereocenters. The van der Waals surface area contributed by atoms with E-state index in [2.05, 4.69) is 34.8 Å². The van der Waals surface area contributed by atoms with Crippen molar-refractivity contribution in [3.8, 4) is 5.75 Å². The number of hydrogen-bond donors (Lipinski definition) is 1. The molecule has 0 aliphatic rings. The Bertz CT molecular complexity index is 537. The zero-order valence-corrected chi connectivity index (χ0v) is 11.4. The molecule has 88 valence electrons. The maximum Gasteiger partial charge on any atom is 0.119 e. The summed E-state index contributed by atoms with van der Waals surface area (Å²) < 4.78 is 0.992. The van der Waals surface area contributed by atoms with Gasteiger partial charge in [0.05, 0.1) is 5.69 Å². The third kappa shape index (κ3) is 2.34. The fourth-order valence-electron chi connectivity index (χ4n) is 1.89. The van der Waals surface area contributed by atoms with E-state index in [1.54, 1.807) is 12.3 Å². The average molecular weight is 292 g/mol. The van der Waals surface area contributed by atoms with Gasteiger partial charge in [-0.2, -0.15) is 0 Å². The molecule has 0 bridgehead atoms. The molecule has 17 heavy (non-hydrogen) atoms. The Labute approximate surface area is 109 Å². The minimum Gasteiger partial charge on any atom is -0.508 e. The van der Waals surface area contributed by atoms with E-state index in [-0.39, 0.29) is 5.41 Å². The quantitative estimate of drug-likeness (QED) is 0.911. The first-order chi connectivity index (χ1) is 8.01. The van der Waals surface area contributed by atoms with Crippen LogP contribution in [0.5, 0.6) is 5.75 Å². The summed E-state index contributed by atoms with van der Waals surface area (Å²) in [7, 11) is 0. The van der Waals surface area contributed by atoms with Crippen molar-refractivity contribution >= 4 is 15.9 Å². The van der Waals surface area contributed by atoms with E-state index in [4.69, 9.17) is 0 Å². The van der Waals surface area contributed by atoms with Gasteiger partial charge in [-0.1, -0.05) is 48.0 Å². The Morgan fingerprint density at radius 3 is 2.53 bits per heavy atom. The number of hydrogen-bond acceptors (Lipinski definition) is 2. The summed E-state index contributed by atoms with van der Waals surface area (Å²) in [5.41, 5.74) is 1.48. The number of aromatic hydroxyl groups is 1. The van der Waals surface area contributed by atoms with Crippen molar-refractivity contribution in [1.29, 1.82) is 0 Å². The van der Waals surface area contributed by atoms with Crippen LogP contribution >= 0.6 is 15.9 Å². The number of halogens is 1. The number of rotatable bonds is 2. The number of pyridine rings is 1. The molecular weight excluding hydrogens is 278 g/mol. The van der Waals surface area contributed by atoms with E-state index in [9.17, 15) is 5.11 Å². The molecule has 0 spiro atoms. The van der Waals surface area contributed by atoms with Crippen molar-refractivity contribution in [2.24, 2.45) is 0 Å². The maximum atomic E-state index is 9.94. The average Bonchev–Trinajstić information content (AvgIpc) is 2.29. The predicted octanol–water partition coefficient (Wildman–Crippen LogP) is 3.88. The first-order valence-corrected chi connectivity index (χ1v) is 6.21. The molecule has 2 aromatic rings. The van der Waals surface area contributed by atoms with Crippen molar-refractivity contribution in [3.05, 3.63) is 58.3 Å². The Hall–Kier alpha value is -1.35. The monoisotopic (exact) mass is 291 g/mol. The van der Waals surface area contributed by atoms with Crippen LogP contribution in [0.15, 0.2) is 47.1 Å². The lowest BCUT2D eigenvalue weighted by Gasteiger charge is -2.25. The van der Waals surface area contributed by atoms with Gasteiger partial charge in [-0.25, -0.2) is 0 Å². The zero-order valence-electron chi connectivity index (χ0n) is 9.81. The molecule has 1 aromatic heterocycles. The Balaban J connectivity index is 2.53. The van der Waals surface area contributed by atoms with Crippen LogP contribution in [0.1, 0.15) is 25.1 Å². The molecule has 0 unspecified atom stereocenters. The number of benzene rings is 1. The van der Waals surface area contributed by atoms with E-state index in [1.807, 2.05) is 30.3 Å². The van der Waals surface area contributed by atoms with Gasteiger partial charge in [0, 0.05) is 21.6 Å². The largest absolute Gasteiger partial charge is 0.508 e. The summed E-state index contributed by atoms with van der Waals surface area (Å²) in [6.07, 6.45) is 1.77. The minimum atomic E-state index is -0.324. The molecule has 2 rings (SSSR count). The molecule has 3 heteroatoms. The fraction of sp³-hybridized carbons (Fsp3) is 0.214. The topological polar surface area (TPSA) is 33.1 Å². The van der Waals surface area contributed by atoms with Crippen molar-refractivity contribution in [2.75, 3.05) is 0 Å². The van der Waals surface area contributed by atoms with Gasteiger partial charge in [0.25, 0.3) is 0 Å². The molecule has 2 nitrogen and oxygen atoms in total. The van der Waals surface area contributed by atoms with Crippen molar-refractivity contribution in [3.63, 3.8) is 0 Å². The summed E-state index contributed by atoms with van der Waals surface area (Å²) in [6.45, 7) is 4.10. The van der Waals surface area contributed by atoms with Crippen LogP contribution in [0.2, 0.25) is 0 Å². The van der Waals surface area contributed by atoms with E-state index in [0.29, 0.717) is 5.75 Å². The van der Waals surface area contributed by atoms with E-state index < -0.39 is 0 Å². The lowest BCUT2D eigenvalue weighted by atomic mass is 9.80. The molecule has 1 N–H and O–H groups in total. The lowest BCUT2D eigenvalue weighted by Crippen LogP contribution is -2.20. The smallest absolute Gasteiger partial charge is 0.119 e. The molecule has 0 aliphatic heterocycles.